The molecule has 1 unspecified atom stereocenters. The number of rotatable bonds is 14. The molecule has 1 aliphatic carbocycles. The van der Waals surface area contributed by atoms with Gasteiger partial charge in [0.2, 0.25) is 11.8 Å². The molecule has 10 nitrogen and oxygen atoms in total. The van der Waals surface area contributed by atoms with Gasteiger partial charge in [0.1, 0.15) is 17.4 Å². The van der Waals surface area contributed by atoms with E-state index in [1.807, 2.05) is 30.3 Å². The third-order valence-corrected chi connectivity index (χ3v) is 10.3. The summed E-state index contributed by atoms with van der Waals surface area (Å²) in [5.74, 6) is -2.89. The van der Waals surface area contributed by atoms with Crippen molar-refractivity contribution >= 4 is 49.2 Å². The van der Waals surface area contributed by atoms with Crippen LogP contribution in [0.15, 0.2) is 66.7 Å². The summed E-state index contributed by atoms with van der Waals surface area (Å²) in [7, 11) is -4.15. The van der Waals surface area contributed by atoms with Crippen LogP contribution in [0.3, 0.4) is 0 Å². The minimum absolute atomic E-state index is 0.0174. The molecule has 45 heavy (non-hydrogen) atoms. The molecule has 1 aliphatic rings. The smallest absolute Gasteiger partial charge is 0.310 e. The summed E-state index contributed by atoms with van der Waals surface area (Å²) in [6.07, 6.45) is 1.60. The number of halogens is 1. The third-order valence-electron chi connectivity index (χ3n) is 7.10. The zero-order valence-corrected chi connectivity index (χ0v) is 25.8. The molecule has 3 aromatic carbocycles. The molecule has 0 bridgehead atoms. The Morgan fingerprint density at radius 1 is 1.04 bits per heavy atom. The van der Waals surface area contributed by atoms with E-state index >= 15 is 4.39 Å². The van der Waals surface area contributed by atoms with Crippen LogP contribution < -0.4 is 10.6 Å². The van der Waals surface area contributed by atoms with Crippen LogP contribution in [0.2, 0.25) is 0 Å². The Morgan fingerprint density at radius 2 is 1.80 bits per heavy atom. The van der Waals surface area contributed by atoms with Crippen molar-refractivity contribution in [3.8, 4) is 11.1 Å². The Bertz CT molecular complexity index is 1810. The van der Waals surface area contributed by atoms with Gasteiger partial charge in [0, 0.05) is 24.3 Å². The first-order valence-electron chi connectivity index (χ1n) is 14.4. The highest BCUT2D eigenvalue weighted by atomic mass is 32.2. The highest BCUT2D eigenvalue weighted by Gasteiger charge is 2.37. The predicted octanol–water partition coefficient (Wildman–Crippen LogP) is 3.62. The number of aliphatic hydroxyl groups is 1. The van der Waals surface area contributed by atoms with Crippen LogP contribution in [0.5, 0.6) is 0 Å². The number of benzene rings is 3. The number of esters is 1. The van der Waals surface area contributed by atoms with Crippen molar-refractivity contribution in [2.75, 3.05) is 18.9 Å². The number of carbonyl (C=O) groups excluding carboxylic acids is 3. The Kier molecular flexibility index (Phi) is 10.2. The Morgan fingerprint density at radius 3 is 2.53 bits per heavy atom. The van der Waals surface area contributed by atoms with Crippen LogP contribution in [0, 0.1) is 5.82 Å². The maximum Gasteiger partial charge on any atom is 0.310 e. The van der Waals surface area contributed by atoms with E-state index in [1.165, 1.54) is 12.1 Å². The lowest BCUT2D eigenvalue weighted by atomic mass is 10.0. The quantitative estimate of drug-likeness (QED) is 0.175. The summed E-state index contributed by atoms with van der Waals surface area (Å²) in [5.41, 5.74) is 2.34. The van der Waals surface area contributed by atoms with Gasteiger partial charge in [-0.05, 0) is 42.0 Å². The van der Waals surface area contributed by atoms with Crippen LogP contribution in [-0.4, -0.2) is 61.2 Å². The zero-order chi connectivity index (χ0) is 32.0. The number of thiazole rings is 1. The van der Waals surface area contributed by atoms with Crippen molar-refractivity contribution in [2.24, 2.45) is 0 Å². The molecule has 1 fully saturated rings. The Balaban J connectivity index is 1.36. The van der Waals surface area contributed by atoms with Gasteiger partial charge in [-0.25, -0.2) is 17.8 Å². The number of aromatic nitrogens is 1. The first-order valence-corrected chi connectivity index (χ1v) is 16.9. The van der Waals surface area contributed by atoms with Gasteiger partial charge in [-0.15, -0.1) is 11.3 Å². The van der Waals surface area contributed by atoms with E-state index in [0.717, 1.165) is 29.7 Å². The average molecular weight is 654 g/mol. The van der Waals surface area contributed by atoms with E-state index < -0.39 is 57.6 Å². The molecule has 5 rings (SSSR count). The Hall–Kier alpha value is -4.20. The SMILES string of the molecule is O=C(CNC(=O)C(c1nc2cc(F)c(-c3cccc(CC(=O)OCc4ccccc4)c3)cc2s1)S(=O)(=O)CCCO)NC1CC1. The van der Waals surface area contributed by atoms with Crippen molar-refractivity contribution < 1.29 is 37.0 Å². The molecular weight excluding hydrogens is 621 g/mol. The van der Waals surface area contributed by atoms with Gasteiger partial charge in [-0.2, -0.15) is 0 Å². The van der Waals surface area contributed by atoms with Crippen LogP contribution in [0.25, 0.3) is 21.3 Å². The fraction of sp³-hybridized carbons (Fsp3) is 0.312. The summed E-state index contributed by atoms with van der Waals surface area (Å²) in [6, 6.07) is 18.8. The molecule has 1 heterocycles. The van der Waals surface area contributed by atoms with Crippen molar-refractivity contribution in [1.82, 2.24) is 15.6 Å². The van der Waals surface area contributed by atoms with Gasteiger partial charge in [0.15, 0.2) is 15.1 Å². The van der Waals surface area contributed by atoms with E-state index in [0.29, 0.717) is 15.8 Å². The topological polar surface area (TPSA) is 152 Å². The summed E-state index contributed by atoms with van der Waals surface area (Å²) < 4.78 is 47.7. The number of amides is 2. The molecule has 4 aromatic rings. The monoisotopic (exact) mass is 653 g/mol. The van der Waals surface area contributed by atoms with Crippen LogP contribution >= 0.6 is 11.3 Å². The van der Waals surface area contributed by atoms with E-state index in [9.17, 15) is 27.9 Å². The van der Waals surface area contributed by atoms with Crippen molar-refractivity contribution in [3.63, 3.8) is 0 Å². The van der Waals surface area contributed by atoms with E-state index in [1.54, 1.807) is 24.3 Å². The van der Waals surface area contributed by atoms with E-state index in [4.69, 9.17) is 4.74 Å². The van der Waals surface area contributed by atoms with Gasteiger partial charge in [-0.1, -0.05) is 54.6 Å². The fourth-order valence-corrected chi connectivity index (χ4v) is 7.77. The number of hydrogen-bond acceptors (Lipinski definition) is 9. The highest BCUT2D eigenvalue weighted by molar-refractivity contribution is 7.92. The second-order valence-electron chi connectivity index (χ2n) is 10.8. The van der Waals surface area contributed by atoms with Crippen molar-refractivity contribution in [1.29, 1.82) is 0 Å². The lowest BCUT2D eigenvalue weighted by molar-refractivity contribution is -0.144. The second kappa shape index (κ2) is 14.3. The second-order valence-corrected chi connectivity index (χ2v) is 14.0. The number of ether oxygens (including phenoxy) is 1. The van der Waals surface area contributed by atoms with Crippen molar-refractivity contribution in [3.05, 3.63) is 88.7 Å². The molecule has 1 aromatic heterocycles. The molecule has 236 valence electrons. The molecule has 0 saturated heterocycles. The van der Waals surface area contributed by atoms with Crippen LogP contribution in [0.4, 0.5) is 4.39 Å². The van der Waals surface area contributed by atoms with Gasteiger partial charge in [0.05, 0.1) is 28.9 Å². The number of fused-ring (bicyclic) bond motifs is 1. The molecule has 2 amide bonds. The van der Waals surface area contributed by atoms with Crippen LogP contribution in [0.1, 0.15) is 40.6 Å². The minimum Gasteiger partial charge on any atom is -0.461 e. The summed E-state index contributed by atoms with van der Waals surface area (Å²) in [5, 5.41) is 12.5. The summed E-state index contributed by atoms with van der Waals surface area (Å²) in [4.78, 5) is 42.0. The number of aliphatic hydroxyl groups excluding tert-OH is 1. The maximum absolute atomic E-state index is 15.4. The largest absolute Gasteiger partial charge is 0.461 e. The lowest BCUT2D eigenvalue weighted by Gasteiger charge is -2.15. The van der Waals surface area contributed by atoms with E-state index in [2.05, 4.69) is 15.6 Å². The van der Waals surface area contributed by atoms with Gasteiger partial charge >= 0.3 is 5.97 Å². The molecule has 0 aliphatic heterocycles. The molecule has 3 N–H and O–H groups in total. The molecular formula is C32H32FN3O7S2. The first-order chi connectivity index (χ1) is 21.6. The van der Waals surface area contributed by atoms with E-state index in [-0.39, 0.29) is 41.6 Å². The van der Waals surface area contributed by atoms with Gasteiger partial charge in [0.25, 0.3) is 0 Å². The normalized spacial score (nSPS) is 13.7. The predicted molar refractivity (Wildman–Crippen MR) is 167 cm³/mol. The van der Waals surface area contributed by atoms with Gasteiger partial charge < -0.3 is 20.5 Å². The first kappa shape index (κ1) is 32.2. The highest BCUT2D eigenvalue weighted by Crippen LogP contribution is 2.36. The summed E-state index contributed by atoms with van der Waals surface area (Å²) >= 11 is 0.931. The molecule has 13 heteroatoms. The molecule has 1 saturated carbocycles. The van der Waals surface area contributed by atoms with Gasteiger partial charge in [-0.3, -0.25) is 14.4 Å². The zero-order valence-electron chi connectivity index (χ0n) is 24.2. The maximum atomic E-state index is 15.4. The average Bonchev–Trinajstić information content (AvgIpc) is 3.74. The molecule has 0 spiro atoms. The summed E-state index contributed by atoms with van der Waals surface area (Å²) in [6.45, 7) is -0.655. The number of sulfone groups is 1. The van der Waals surface area contributed by atoms with Crippen LogP contribution in [-0.2, 0) is 42.0 Å². The number of carbonyl (C=O) groups is 3. The fourth-order valence-electron chi connectivity index (χ4n) is 4.68. The minimum atomic E-state index is -4.15. The molecule has 1 atom stereocenters. The number of hydrogen-bond donors (Lipinski definition) is 3. The number of nitrogens with zero attached hydrogens (tertiary/aromatic N) is 1. The standard InChI is InChI=1S/C32H32FN3O7S2/c33-25-17-26-27(16-24(25)22-9-4-8-21(14-22)15-29(39)43-19-20-6-2-1-3-7-20)44-32(36-26)30(45(41,42)13-5-12-37)31(40)34-18-28(38)35-23-10-11-23/h1-4,6-9,14,16-17,23,30,37H,5,10-13,15,18-19H2,(H,34,40)(H,35,38). The number of nitrogens with one attached hydrogen (secondary N) is 2. The Labute approximate surface area is 263 Å². The lowest BCUT2D eigenvalue weighted by Crippen LogP contribution is -2.41. The van der Waals surface area contributed by atoms with Crippen molar-refractivity contribution in [2.45, 2.75) is 43.6 Å². The molecule has 0 radical (unpaired) electrons. The third kappa shape index (κ3) is 8.50.